The molecule has 6 nitrogen and oxygen atoms in total. The van der Waals surface area contributed by atoms with Gasteiger partial charge in [0.2, 0.25) is 5.06 Å². The quantitative estimate of drug-likeness (QED) is 0.597. The largest absolute Gasteiger partial charge is 0.445 e. The van der Waals surface area contributed by atoms with Gasteiger partial charge >= 0.3 is 12.6 Å². The van der Waals surface area contributed by atoms with E-state index in [9.17, 15) is 18.0 Å². The fourth-order valence-electron chi connectivity index (χ4n) is 2.17. The van der Waals surface area contributed by atoms with E-state index in [1.165, 1.54) is 54.5 Å². The van der Waals surface area contributed by atoms with Crippen molar-refractivity contribution in [2.45, 2.75) is 6.61 Å². The number of urea groups is 1. The number of nitrogens with one attached hydrogen (secondary N) is 1. The van der Waals surface area contributed by atoms with E-state index < -0.39 is 18.5 Å². The maximum Gasteiger partial charge on any atom is 0.387 e. The number of hydrogen-bond donors (Lipinski definition) is 1. The van der Waals surface area contributed by atoms with Crippen LogP contribution in [0.2, 0.25) is 0 Å². The first-order valence-corrected chi connectivity index (χ1v) is 8.71. The molecular formula is C18H14F3N3O3S. The average molecular weight is 409 g/mol. The first-order valence-electron chi connectivity index (χ1n) is 7.89. The van der Waals surface area contributed by atoms with Gasteiger partial charge in [-0.15, -0.1) is 0 Å². The van der Waals surface area contributed by atoms with E-state index >= 15 is 0 Å². The number of alkyl halides is 2. The number of amides is 2. The summed E-state index contributed by atoms with van der Waals surface area (Å²) in [5.74, 6) is -0.197. The van der Waals surface area contributed by atoms with Gasteiger partial charge in [-0.25, -0.2) is 14.2 Å². The molecule has 2 aromatic carbocycles. The number of carbonyl (C=O) groups excluding carboxylic acids is 1. The van der Waals surface area contributed by atoms with Crippen molar-refractivity contribution in [3.8, 4) is 16.6 Å². The Morgan fingerprint density at radius 3 is 2.68 bits per heavy atom. The Balaban J connectivity index is 1.64. The van der Waals surface area contributed by atoms with Crippen molar-refractivity contribution in [2.24, 2.45) is 0 Å². The molecule has 0 radical (unpaired) electrons. The van der Waals surface area contributed by atoms with E-state index in [0.717, 1.165) is 11.3 Å². The summed E-state index contributed by atoms with van der Waals surface area (Å²) in [5, 5.41) is 3.18. The summed E-state index contributed by atoms with van der Waals surface area (Å²) in [6, 6.07) is 10.8. The van der Waals surface area contributed by atoms with Gasteiger partial charge in [-0.2, -0.15) is 8.78 Å². The molecule has 1 aromatic heterocycles. The van der Waals surface area contributed by atoms with Crippen LogP contribution in [0.25, 0.3) is 0 Å². The lowest BCUT2D eigenvalue weighted by Crippen LogP contribution is -2.31. The Morgan fingerprint density at radius 2 is 1.93 bits per heavy atom. The van der Waals surface area contributed by atoms with Crippen LogP contribution in [0.15, 0.2) is 54.7 Å². The minimum atomic E-state index is -2.96. The van der Waals surface area contributed by atoms with Crippen molar-refractivity contribution in [1.29, 1.82) is 0 Å². The van der Waals surface area contributed by atoms with E-state index in [0.29, 0.717) is 16.5 Å². The van der Waals surface area contributed by atoms with Gasteiger partial charge in [0.1, 0.15) is 17.3 Å². The van der Waals surface area contributed by atoms with Crippen LogP contribution in [0, 0.1) is 5.82 Å². The molecular weight excluding hydrogens is 395 g/mol. The van der Waals surface area contributed by atoms with Gasteiger partial charge in [0, 0.05) is 24.9 Å². The molecule has 10 heteroatoms. The molecule has 28 heavy (non-hydrogen) atoms. The number of nitrogens with zero attached hydrogens (tertiary/aromatic N) is 2. The fraction of sp³-hybridized carbons (Fsp3) is 0.111. The third kappa shape index (κ3) is 5.13. The maximum atomic E-state index is 13.2. The molecule has 2 amide bonds. The molecule has 0 saturated carbocycles. The van der Waals surface area contributed by atoms with E-state index in [2.05, 4.69) is 15.0 Å². The molecule has 0 bridgehead atoms. The summed E-state index contributed by atoms with van der Waals surface area (Å²) >= 11 is 1.05. The molecule has 1 N–H and O–H groups in total. The predicted octanol–water partition coefficient (Wildman–Crippen LogP) is 5.34. The molecule has 3 aromatic rings. The summed E-state index contributed by atoms with van der Waals surface area (Å²) in [6.45, 7) is -2.96. The zero-order chi connectivity index (χ0) is 20.1. The Bertz CT molecular complexity index is 968. The first-order chi connectivity index (χ1) is 13.4. The molecule has 0 unspecified atom stereocenters. The number of carbonyl (C=O) groups is 1. The Morgan fingerprint density at radius 1 is 1.18 bits per heavy atom. The van der Waals surface area contributed by atoms with Crippen molar-refractivity contribution >= 4 is 28.2 Å². The van der Waals surface area contributed by atoms with Crippen molar-refractivity contribution in [2.75, 3.05) is 17.3 Å². The number of benzene rings is 2. The van der Waals surface area contributed by atoms with Gasteiger partial charge in [-0.3, -0.25) is 10.2 Å². The van der Waals surface area contributed by atoms with Gasteiger partial charge in [0.25, 0.3) is 0 Å². The Labute approximate surface area is 162 Å². The average Bonchev–Trinajstić information content (AvgIpc) is 3.07. The van der Waals surface area contributed by atoms with Crippen molar-refractivity contribution < 1.29 is 27.4 Å². The van der Waals surface area contributed by atoms with Gasteiger partial charge in [-0.1, -0.05) is 23.5 Å². The van der Waals surface area contributed by atoms with Gasteiger partial charge in [-0.05, 0) is 24.3 Å². The number of halogens is 3. The molecule has 0 aliphatic rings. The minimum absolute atomic E-state index is 0.0628. The fourth-order valence-corrected chi connectivity index (χ4v) is 2.85. The highest BCUT2D eigenvalue weighted by Gasteiger charge is 2.15. The molecule has 0 aliphatic heterocycles. The number of thiazole rings is 1. The number of ether oxygens (including phenoxy) is 2. The van der Waals surface area contributed by atoms with Crippen LogP contribution in [0.4, 0.5) is 28.8 Å². The Kier molecular flexibility index (Phi) is 5.99. The highest BCUT2D eigenvalue weighted by molar-refractivity contribution is 7.17. The molecule has 3 rings (SSSR count). The zero-order valence-corrected chi connectivity index (χ0v) is 15.3. The van der Waals surface area contributed by atoms with E-state index in [4.69, 9.17) is 4.74 Å². The zero-order valence-electron chi connectivity index (χ0n) is 14.4. The number of aromatic nitrogens is 1. The third-order valence-electron chi connectivity index (χ3n) is 3.45. The Hall–Kier alpha value is -3.27. The lowest BCUT2D eigenvalue weighted by atomic mass is 10.3. The van der Waals surface area contributed by atoms with Gasteiger partial charge in [0.05, 0.1) is 6.20 Å². The SMILES string of the molecule is CN(C(=O)Nc1ncc(Oc2cccc(F)c2)s1)c1cccc(OC(F)F)c1. The van der Waals surface area contributed by atoms with Crippen LogP contribution in [-0.2, 0) is 0 Å². The third-order valence-corrected chi connectivity index (χ3v) is 4.24. The van der Waals surface area contributed by atoms with E-state index in [1.54, 1.807) is 12.1 Å². The normalized spacial score (nSPS) is 10.6. The van der Waals surface area contributed by atoms with Crippen LogP contribution in [0.3, 0.4) is 0 Å². The van der Waals surface area contributed by atoms with E-state index in [-0.39, 0.29) is 10.9 Å². The molecule has 146 valence electrons. The van der Waals surface area contributed by atoms with Crippen molar-refractivity contribution in [3.05, 3.63) is 60.5 Å². The molecule has 1 heterocycles. The smallest absolute Gasteiger partial charge is 0.387 e. The highest BCUT2D eigenvalue weighted by atomic mass is 32.1. The van der Waals surface area contributed by atoms with Crippen LogP contribution in [-0.4, -0.2) is 24.7 Å². The summed E-state index contributed by atoms with van der Waals surface area (Å²) in [5.41, 5.74) is 0.350. The number of hydrogen-bond acceptors (Lipinski definition) is 5. The summed E-state index contributed by atoms with van der Waals surface area (Å²) in [6.07, 6.45) is 1.39. The van der Waals surface area contributed by atoms with Gasteiger partial charge < -0.3 is 9.47 Å². The number of rotatable bonds is 6. The molecule has 0 atom stereocenters. The van der Waals surface area contributed by atoms with Gasteiger partial charge in [0.15, 0.2) is 5.13 Å². The van der Waals surface area contributed by atoms with Crippen molar-refractivity contribution in [3.63, 3.8) is 0 Å². The van der Waals surface area contributed by atoms with Crippen LogP contribution >= 0.6 is 11.3 Å². The monoisotopic (exact) mass is 409 g/mol. The highest BCUT2D eigenvalue weighted by Crippen LogP contribution is 2.31. The standard InChI is InChI=1S/C18H14F3N3O3S/c1-24(12-5-3-7-14(9-12)27-16(20)21)18(25)23-17-22-10-15(28-17)26-13-6-2-4-11(19)8-13/h2-10,16H,1H3,(H,22,23,25). The lowest BCUT2D eigenvalue weighted by molar-refractivity contribution is -0.0498. The minimum Gasteiger partial charge on any atom is -0.445 e. The second kappa shape index (κ2) is 8.61. The first kappa shape index (κ1) is 19.5. The second-order valence-electron chi connectivity index (χ2n) is 5.41. The van der Waals surface area contributed by atoms with Crippen LogP contribution in [0.1, 0.15) is 0 Å². The van der Waals surface area contributed by atoms with Crippen molar-refractivity contribution in [1.82, 2.24) is 4.98 Å². The summed E-state index contributed by atoms with van der Waals surface area (Å²) < 4.78 is 47.6. The summed E-state index contributed by atoms with van der Waals surface area (Å²) in [7, 11) is 1.47. The summed E-state index contributed by atoms with van der Waals surface area (Å²) in [4.78, 5) is 17.6. The lowest BCUT2D eigenvalue weighted by Gasteiger charge is -2.18. The topological polar surface area (TPSA) is 63.7 Å². The molecule has 0 spiro atoms. The molecule has 0 fully saturated rings. The van der Waals surface area contributed by atoms with E-state index in [1.807, 2.05) is 0 Å². The van der Waals surface area contributed by atoms with Crippen LogP contribution in [0.5, 0.6) is 16.6 Å². The predicted molar refractivity (Wildman–Crippen MR) is 99.1 cm³/mol. The second-order valence-corrected chi connectivity index (χ2v) is 6.40. The van der Waals surface area contributed by atoms with Crippen LogP contribution < -0.4 is 19.7 Å². The molecule has 0 saturated heterocycles. The number of anilines is 2. The molecule has 0 aliphatic carbocycles. The maximum absolute atomic E-state index is 13.2.